The van der Waals surface area contributed by atoms with E-state index in [0.29, 0.717) is 5.69 Å². The maximum atomic E-state index is 13.7. The molecule has 2 bridgehead atoms. The van der Waals surface area contributed by atoms with Crippen molar-refractivity contribution in [2.75, 3.05) is 12.0 Å². The first-order chi connectivity index (χ1) is 17.0. The second-order valence-electron chi connectivity index (χ2n) is 9.69. The number of methoxy groups -OCH3 is 1. The summed E-state index contributed by atoms with van der Waals surface area (Å²) in [6.45, 7) is 0. The van der Waals surface area contributed by atoms with Gasteiger partial charge in [-0.2, -0.15) is 0 Å². The van der Waals surface area contributed by atoms with Crippen LogP contribution in [0.1, 0.15) is 22.8 Å². The Bertz CT molecular complexity index is 1430. The summed E-state index contributed by atoms with van der Waals surface area (Å²) in [5, 5.41) is 0.979. The van der Waals surface area contributed by atoms with Gasteiger partial charge in [0.05, 0.1) is 29.7 Å². The van der Waals surface area contributed by atoms with E-state index in [-0.39, 0.29) is 51.5 Å². The fraction of sp³-hybridized carbons (Fsp3) is 0.346. The molecule has 2 saturated carbocycles. The van der Waals surface area contributed by atoms with Gasteiger partial charge in [0.25, 0.3) is 0 Å². The number of thiazole rings is 1. The number of carbonyl (C=O) groups excluding carboxylic acids is 2. The number of thioether (sulfide) groups is 1. The number of rotatable bonds is 3. The van der Waals surface area contributed by atoms with E-state index in [9.17, 15) is 18.8 Å². The Morgan fingerprint density at radius 1 is 1.00 bits per heavy atom. The number of aromatic nitrogens is 1. The van der Waals surface area contributed by atoms with Crippen LogP contribution in [-0.2, 0) is 9.59 Å². The number of aromatic amines is 1. The van der Waals surface area contributed by atoms with E-state index in [1.54, 1.807) is 18.9 Å². The van der Waals surface area contributed by atoms with Crippen LogP contribution in [0.3, 0.4) is 0 Å². The Labute approximate surface area is 208 Å². The minimum Gasteiger partial charge on any atom is -0.496 e. The van der Waals surface area contributed by atoms with Crippen molar-refractivity contribution >= 4 is 40.6 Å². The molecule has 0 spiro atoms. The molecule has 35 heavy (non-hydrogen) atoms. The van der Waals surface area contributed by atoms with Gasteiger partial charge in [0, 0.05) is 21.6 Å². The quantitative estimate of drug-likeness (QED) is 0.535. The van der Waals surface area contributed by atoms with Gasteiger partial charge in [0.2, 0.25) is 11.8 Å². The number of amides is 2. The molecule has 1 aromatic heterocycles. The van der Waals surface area contributed by atoms with Gasteiger partial charge in [0.1, 0.15) is 11.6 Å². The maximum Gasteiger partial charge on any atom is 0.305 e. The summed E-state index contributed by atoms with van der Waals surface area (Å²) in [7, 11) is 1.64. The lowest BCUT2D eigenvalue weighted by atomic mass is 9.68. The van der Waals surface area contributed by atoms with Gasteiger partial charge in [-0.3, -0.25) is 19.3 Å². The fourth-order valence-corrected chi connectivity index (χ4v) is 10.0. The van der Waals surface area contributed by atoms with Gasteiger partial charge in [-0.25, -0.2) is 4.39 Å². The van der Waals surface area contributed by atoms with Crippen LogP contribution in [-0.4, -0.2) is 29.2 Å². The normalized spacial score (nSPS) is 32.5. The zero-order chi connectivity index (χ0) is 24.0. The highest BCUT2D eigenvalue weighted by Crippen LogP contribution is 2.69. The smallest absolute Gasteiger partial charge is 0.305 e. The van der Waals surface area contributed by atoms with E-state index < -0.39 is 11.7 Å². The van der Waals surface area contributed by atoms with Crippen LogP contribution in [0.25, 0.3) is 0 Å². The zero-order valence-corrected chi connectivity index (χ0v) is 20.3. The molecule has 2 aliphatic carbocycles. The molecule has 0 radical (unpaired) electrons. The lowest BCUT2D eigenvalue weighted by Gasteiger charge is -2.43. The van der Waals surface area contributed by atoms with E-state index in [0.717, 1.165) is 27.6 Å². The molecule has 178 valence electrons. The predicted octanol–water partition coefficient (Wildman–Crippen LogP) is 4.26. The van der Waals surface area contributed by atoms with Crippen LogP contribution in [0, 0.1) is 35.4 Å². The summed E-state index contributed by atoms with van der Waals surface area (Å²) >= 11 is 2.89. The van der Waals surface area contributed by atoms with Crippen LogP contribution in [0.5, 0.6) is 5.75 Å². The number of H-pyrrole nitrogens is 1. The van der Waals surface area contributed by atoms with Gasteiger partial charge in [-0.05, 0) is 54.5 Å². The van der Waals surface area contributed by atoms with Crippen LogP contribution in [0.4, 0.5) is 10.1 Å². The van der Waals surface area contributed by atoms with Crippen LogP contribution in [0.2, 0.25) is 0 Å². The number of hydrogen-bond donors (Lipinski definition) is 1. The molecule has 2 amide bonds. The fourth-order valence-electron chi connectivity index (χ4n) is 7.13. The molecule has 2 aliphatic heterocycles. The van der Waals surface area contributed by atoms with Crippen molar-refractivity contribution in [2.45, 2.75) is 22.6 Å². The molecule has 9 heteroatoms. The number of nitrogens with one attached hydrogen (secondary N) is 1. The number of imide groups is 1. The first-order valence-electron chi connectivity index (χ1n) is 11.6. The second-order valence-corrected chi connectivity index (χ2v) is 11.9. The summed E-state index contributed by atoms with van der Waals surface area (Å²) in [4.78, 5) is 44.8. The van der Waals surface area contributed by atoms with Crippen molar-refractivity contribution < 1.29 is 18.7 Å². The van der Waals surface area contributed by atoms with Crippen molar-refractivity contribution in [3.63, 3.8) is 0 Å². The van der Waals surface area contributed by atoms with Crippen molar-refractivity contribution in [3.05, 3.63) is 74.5 Å². The summed E-state index contributed by atoms with van der Waals surface area (Å²) in [5.41, 5.74) is 1.44. The van der Waals surface area contributed by atoms with E-state index in [4.69, 9.17) is 4.74 Å². The second kappa shape index (κ2) is 7.54. The Kier molecular flexibility index (Phi) is 4.61. The lowest BCUT2D eigenvalue weighted by molar-refractivity contribution is -0.123. The number of hydrogen-bond acceptors (Lipinski definition) is 6. The highest BCUT2D eigenvalue weighted by Gasteiger charge is 2.69. The molecule has 1 N–H and O–H groups in total. The first-order valence-corrected chi connectivity index (χ1v) is 13.3. The highest BCUT2D eigenvalue weighted by molar-refractivity contribution is 8.00. The number of halogens is 1. The van der Waals surface area contributed by atoms with Crippen molar-refractivity contribution in [2.24, 2.45) is 29.6 Å². The summed E-state index contributed by atoms with van der Waals surface area (Å²) in [5.74, 6) is -0.718. The number of fused-ring (bicyclic) bond motifs is 9. The molecule has 7 rings (SSSR count). The molecule has 4 aliphatic rings. The number of carbonyl (C=O) groups is 2. The van der Waals surface area contributed by atoms with Crippen LogP contribution in [0.15, 0.2) is 58.4 Å². The minimum absolute atomic E-state index is 0.0182. The van der Waals surface area contributed by atoms with Gasteiger partial charge in [-0.15, -0.1) is 11.8 Å². The van der Waals surface area contributed by atoms with E-state index in [1.165, 1.54) is 40.5 Å². The monoisotopic (exact) mass is 508 g/mol. The third-order valence-corrected chi connectivity index (χ3v) is 10.9. The highest BCUT2D eigenvalue weighted by atomic mass is 32.2. The SMILES string of the molecule is COc1ccccc1[C@H]1c2sc(=O)[nH]c2S[C@@H]2[C@@H]3C[C@H]([C@H]4C(=O)N(c5ccc(F)cc5)C(=O)[C@H]34)[C@@H]12. The van der Waals surface area contributed by atoms with Crippen molar-refractivity contribution in [1.82, 2.24) is 4.98 Å². The molecule has 0 unspecified atom stereocenters. The molecular formula is C26H21FN2O4S2. The Hall–Kier alpha value is -2.91. The third kappa shape index (κ3) is 2.85. The van der Waals surface area contributed by atoms with Gasteiger partial charge < -0.3 is 9.72 Å². The third-order valence-electron chi connectivity index (χ3n) is 8.28. The lowest BCUT2D eigenvalue weighted by Crippen LogP contribution is -2.42. The summed E-state index contributed by atoms with van der Waals surface area (Å²) in [6.07, 6.45) is 0.817. The molecule has 6 nitrogen and oxygen atoms in total. The predicted molar refractivity (Wildman–Crippen MR) is 130 cm³/mol. The molecular weight excluding hydrogens is 487 g/mol. The molecule has 1 saturated heterocycles. The number of ether oxygens (including phenoxy) is 1. The number of para-hydroxylation sites is 1. The first kappa shape index (κ1) is 21.4. The van der Waals surface area contributed by atoms with Gasteiger partial charge in [-0.1, -0.05) is 29.5 Å². The molecule has 3 aromatic rings. The topological polar surface area (TPSA) is 79.5 Å². The zero-order valence-electron chi connectivity index (χ0n) is 18.6. The molecule has 3 heterocycles. The molecule has 3 fully saturated rings. The average Bonchev–Trinajstić information content (AvgIpc) is 3.59. The Balaban J connectivity index is 1.34. The van der Waals surface area contributed by atoms with Gasteiger partial charge >= 0.3 is 4.87 Å². The van der Waals surface area contributed by atoms with Crippen LogP contribution >= 0.6 is 23.1 Å². The number of anilines is 1. The van der Waals surface area contributed by atoms with Crippen molar-refractivity contribution in [3.8, 4) is 5.75 Å². The van der Waals surface area contributed by atoms with E-state index >= 15 is 0 Å². The number of nitrogens with zero attached hydrogens (tertiary/aromatic N) is 1. The average molecular weight is 509 g/mol. The largest absolute Gasteiger partial charge is 0.496 e. The minimum atomic E-state index is -0.407. The standard InChI is InChI=1S/C26H21FN2O4S2/c1-33-16-5-3-2-4-13(16)17-18-14-10-15(21(18)34-23-22(17)35-26(32)28-23)20-19(14)24(30)29(25(20)31)12-8-6-11(27)7-9-12/h2-9,14-15,17-21H,10H2,1H3,(H,28,32)/t14-,15+,17+,18-,19+,20+,21+/m0/s1. The molecule has 7 atom stereocenters. The summed E-state index contributed by atoms with van der Waals surface area (Å²) in [6, 6.07) is 13.4. The van der Waals surface area contributed by atoms with Gasteiger partial charge in [0.15, 0.2) is 0 Å². The van der Waals surface area contributed by atoms with Crippen molar-refractivity contribution in [1.29, 1.82) is 0 Å². The Morgan fingerprint density at radius 2 is 1.71 bits per heavy atom. The summed E-state index contributed by atoms with van der Waals surface area (Å²) < 4.78 is 19.2. The maximum absolute atomic E-state index is 13.7. The van der Waals surface area contributed by atoms with Crippen LogP contribution < -0.4 is 14.5 Å². The number of benzene rings is 2. The van der Waals surface area contributed by atoms with E-state index in [1.807, 2.05) is 24.3 Å². The molecule has 2 aromatic carbocycles. The van der Waals surface area contributed by atoms with E-state index in [2.05, 4.69) is 4.98 Å². The Morgan fingerprint density at radius 3 is 2.46 bits per heavy atom.